The molecule has 0 amide bonds. The highest BCUT2D eigenvalue weighted by Crippen LogP contribution is 2.24. The average molecular weight is 291 g/mol. The van der Waals surface area contributed by atoms with Crippen molar-refractivity contribution in [2.45, 2.75) is 4.90 Å². The topological polar surface area (TPSA) is 46.6 Å². The van der Waals surface area contributed by atoms with Crippen molar-refractivity contribution in [1.29, 1.82) is 0 Å². The van der Waals surface area contributed by atoms with Crippen LogP contribution >= 0.6 is 11.8 Å². The molecule has 100 valence electrons. The van der Waals surface area contributed by atoms with E-state index >= 15 is 0 Å². The number of sulfonamides is 1. The maximum Gasteiger partial charge on any atom is 0.243 e. The first-order valence-corrected chi connectivity index (χ1v) is 8.06. The van der Waals surface area contributed by atoms with E-state index in [1.54, 1.807) is 11.8 Å². The van der Waals surface area contributed by atoms with Crippen LogP contribution in [-0.2, 0) is 10.0 Å². The quantitative estimate of drug-likeness (QED) is 0.848. The van der Waals surface area contributed by atoms with Crippen molar-refractivity contribution in [3.05, 3.63) is 24.0 Å². The number of hydrogen-bond donors (Lipinski definition) is 0. The van der Waals surface area contributed by atoms with Gasteiger partial charge in [-0.15, -0.1) is 0 Å². The molecule has 1 saturated heterocycles. The highest BCUT2D eigenvalue weighted by molar-refractivity contribution is 7.99. The molecule has 0 radical (unpaired) electrons. The van der Waals surface area contributed by atoms with Crippen molar-refractivity contribution >= 4 is 21.8 Å². The van der Waals surface area contributed by atoms with Gasteiger partial charge >= 0.3 is 0 Å². The monoisotopic (exact) mass is 291 g/mol. The fourth-order valence-corrected chi connectivity index (χ4v) is 4.33. The predicted octanol–water partition coefficient (Wildman–Crippen LogP) is 1.57. The summed E-state index contributed by atoms with van der Waals surface area (Å²) in [5, 5.41) is 0. The zero-order chi connectivity index (χ0) is 13.2. The molecule has 18 heavy (non-hydrogen) atoms. The first-order chi connectivity index (χ1) is 8.55. The molecule has 0 atom stereocenters. The number of rotatable bonds is 3. The van der Waals surface area contributed by atoms with Crippen molar-refractivity contribution in [1.82, 2.24) is 4.31 Å². The molecule has 0 saturated carbocycles. The van der Waals surface area contributed by atoms with Crippen molar-refractivity contribution in [3.63, 3.8) is 0 Å². The Kier molecular flexibility index (Phi) is 4.14. The van der Waals surface area contributed by atoms with Gasteiger partial charge in [0.25, 0.3) is 0 Å². The lowest BCUT2D eigenvalue weighted by molar-refractivity contribution is 0.385. The fraction of sp³-hybridized carbons (Fsp3) is 0.455. The van der Waals surface area contributed by atoms with Crippen molar-refractivity contribution in [2.24, 2.45) is 0 Å². The number of methoxy groups -OCH3 is 1. The lowest BCUT2D eigenvalue weighted by atomic mass is 10.3. The minimum Gasteiger partial charge on any atom is -0.494 e. The lowest BCUT2D eigenvalue weighted by Gasteiger charge is -2.25. The van der Waals surface area contributed by atoms with E-state index in [2.05, 4.69) is 0 Å². The summed E-state index contributed by atoms with van der Waals surface area (Å²) in [7, 11) is -2.24. The van der Waals surface area contributed by atoms with E-state index in [1.807, 2.05) is 0 Å². The molecule has 0 spiro atoms. The number of nitrogens with zero attached hydrogens (tertiary/aromatic N) is 1. The second-order valence-electron chi connectivity index (χ2n) is 3.81. The highest BCUT2D eigenvalue weighted by atomic mass is 32.2. The second-order valence-corrected chi connectivity index (χ2v) is 6.98. The number of thioether (sulfide) groups is 1. The van der Waals surface area contributed by atoms with E-state index in [0.717, 1.165) is 17.6 Å². The Balaban J connectivity index is 2.32. The van der Waals surface area contributed by atoms with Crippen LogP contribution in [-0.4, -0.2) is 44.4 Å². The third-order valence-corrected chi connectivity index (χ3v) is 5.57. The van der Waals surface area contributed by atoms with E-state index in [9.17, 15) is 12.8 Å². The summed E-state index contributed by atoms with van der Waals surface area (Å²) in [4.78, 5) is -0.0206. The minimum absolute atomic E-state index is 0.0206. The second kappa shape index (κ2) is 5.46. The molecular formula is C11H14FNO3S2. The van der Waals surface area contributed by atoms with Crippen LogP contribution in [0, 0.1) is 5.82 Å². The van der Waals surface area contributed by atoms with E-state index < -0.39 is 15.8 Å². The van der Waals surface area contributed by atoms with E-state index in [0.29, 0.717) is 13.1 Å². The molecule has 0 N–H and O–H groups in total. The van der Waals surface area contributed by atoms with Gasteiger partial charge in [0.15, 0.2) is 11.6 Å². The third-order valence-electron chi connectivity index (χ3n) is 2.73. The Bertz CT molecular complexity index is 527. The summed E-state index contributed by atoms with van der Waals surface area (Å²) >= 11 is 1.72. The molecule has 0 bridgehead atoms. The van der Waals surface area contributed by atoms with Crippen LogP contribution in [0.4, 0.5) is 4.39 Å². The maximum atomic E-state index is 13.5. The number of hydrogen-bond acceptors (Lipinski definition) is 4. The molecular weight excluding hydrogens is 277 g/mol. The van der Waals surface area contributed by atoms with Gasteiger partial charge in [0.05, 0.1) is 12.0 Å². The van der Waals surface area contributed by atoms with Crippen LogP contribution in [0.5, 0.6) is 5.75 Å². The van der Waals surface area contributed by atoms with Crippen LogP contribution < -0.4 is 4.74 Å². The molecule has 0 aromatic heterocycles. The predicted molar refractivity (Wildman–Crippen MR) is 69.0 cm³/mol. The lowest BCUT2D eigenvalue weighted by Crippen LogP contribution is -2.37. The van der Waals surface area contributed by atoms with Gasteiger partial charge in [-0.2, -0.15) is 16.1 Å². The summed E-state index contributed by atoms with van der Waals surface area (Å²) in [5.41, 5.74) is 0. The molecule has 1 fully saturated rings. The van der Waals surface area contributed by atoms with Crippen LogP contribution in [0.25, 0.3) is 0 Å². The van der Waals surface area contributed by atoms with Gasteiger partial charge < -0.3 is 4.74 Å². The molecule has 1 aliphatic rings. The minimum atomic E-state index is -3.59. The van der Waals surface area contributed by atoms with Crippen LogP contribution in [0.15, 0.2) is 23.1 Å². The molecule has 7 heteroatoms. The molecule has 4 nitrogen and oxygen atoms in total. The van der Waals surface area contributed by atoms with E-state index in [1.165, 1.54) is 23.5 Å². The van der Waals surface area contributed by atoms with Gasteiger partial charge in [-0.25, -0.2) is 12.8 Å². The fourth-order valence-electron chi connectivity index (χ4n) is 1.74. The molecule has 0 unspecified atom stereocenters. The van der Waals surface area contributed by atoms with Crippen LogP contribution in [0.3, 0.4) is 0 Å². The Hall–Kier alpha value is -0.790. The molecule has 1 aromatic rings. The van der Waals surface area contributed by atoms with E-state index in [4.69, 9.17) is 4.74 Å². The van der Waals surface area contributed by atoms with Crippen molar-refractivity contribution in [3.8, 4) is 5.75 Å². The van der Waals surface area contributed by atoms with Crippen LogP contribution in [0.1, 0.15) is 0 Å². The Morgan fingerprint density at radius 2 is 2.00 bits per heavy atom. The molecule has 1 heterocycles. The molecule has 0 aliphatic carbocycles. The summed E-state index contributed by atoms with van der Waals surface area (Å²) < 4.78 is 44.2. The van der Waals surface area contributed by atoms with Gasteiger partial charge in [0.2, 0.25) is 10.0 Å². The van der Waals surface area contributed by atoms with Crippen molar-refractivity contribution < 1.29 is 17.5 Å². The number of halogens is 1. The summed E-state index contributed by atoms with van der Waals surface area (Å²) in [6.07, 6.45) is 0. The molecule has 1 aliphatic heterocycles. The third kappa shape index (κ3) is 2.62. The maximum absolute atomic E-state index is 13.5. The molecule has 1 aromatic carbocycles. The van der Waals surface area contributed by atoms with E-state index in [-0.39, 0.29) is 10.6 Å². The number of ether oxygens (including phenoxy) is 1. The van der Waals surface area contributed by atoms with Gasteiger partial charge in [0, 0.05) is 24.6 Å². The summed E-state index contributed by atoms with van der Waals surface area (Å²) in [6, 6.07) is 3.72. The average Bonchev–Trinajstić information content (AvgIpc) is 2.39. The zero-order valence-corrected chi connectivity index (χ0v) is 11.6. The highest BCUT2D eigenvalue weighted by Gasteiger charge is 2.26. The van der Waals surface area contributed by atoms with Gasteiger partial charge in [-0.3, -0.25) is 0 Å². The standard InChI is InChI=1S/C11H14FNO3S2/c1-16-11-3-2-9(8-10(11)12)18(14,15)13-4-6-17-7-5-13/h2-3,8H,4-7H2,1H3. The first kappa shape index (κ1) is 13.6. The first-order valence-electron chi connectivity index (χ1n) is 5.47. The smallest absolute Gasteiger partial charge is 0.243 e. The Morgan fingerprint density at radius 3 is 2.56 bits per heavy atom. The van der Waals surface area contributed by atoms with Crippen molar-refractivity contribution in [2.75, 3.05) is 31.7 Å². The van der Waals surface area contributed by atoms with Gasteiger partial charge in [-0.1, -0.05) is 0 Å². The normalized spacial score (nSPS) is 17.7. The van der Waals surface area contributed by atoms with Gasteiger partial charge in [0.1, 0.15) is 0 Å². The summed E-state index contributed by atoms with van der Waals surface area (Å²) in [6.45, 7) is 0.946. The zero-order valence-electron chi connectivity index (χ0n) is 9.93. The Morgan fingerprint density at radius 1 is 1.33 bits per heavy atom. The number of benzene rings is 1. The van der Waals surface area contributed by atoms with Gasteiger partial charge in [-0.05, 0) is 18.2 Å². The largest absolute Gasteiger partial charge is 0.494 e. The molecule has 2 rings (SSSR count). The van der Waals surface area contributed by atoms with Crippen LogP contribution in [0.2, 0.25) is 0 Å². The summed E-state index contributed by atoms with van der Waals surface area (Å²) in [5.74, 6) is 0.934. The Labute approximate surface area is 110 Å². The SMILES string of the molecule is COc1ccc(S(=O)(=O)N2CCSCC2)cc1F.